The van der Waals surface area contributed by atoms with Gasteiger partial charge in [-0.25, -0.2) is 8.78 Å². The molecule has 0 amide bonds. The lowest BCUT2D eigenvalue weighted by molar-refractivity contribution is 0.583. The van der Waals surface area contributed by atoms with Crippen LogP contribution in [0.5, 0.6) is 0 Å². The summed E-state index contributed by atoms with van der Waals surface area (Å²) in [5.74, 6) is -1.07. The highest BCUT2D eigenvalue weighted by molar-refractivity contribution is 5.04. The van der Waals surface area contributed by atoms with Crippen molar-refractivity contribution in [1.82, 2.24) is 4.98 Å². The third-order valence-electron chi connectivity index (χ3n) is 1.28. The van der Waals surface area contributed by atoms with Crippen LogP contribution in [0, 0.1) is 11.6 Å². The first-order valence-electron chi connectivity index (χ1n) is 3.78. The molecule has 0 spiro atoms. The molecule has 0 aliphatic rings. The minimum absolute atomic E-state index is 0.537. The van der Waals surface area contributed by atoms with Crippen molar-refractivity contribution >= 4 is 0 Å². The topological polar surface area (TPSA) is 15.8 Å². The SMILES string of the molecule is Fc1cccc(F)c1.c1cc[nH]c1. The molecular weight excluding hydrogens is 172 g/mol. The fourth-order valence-electron chi connectivity index (χ4n) is 0.738. The second-order valence-electron chi connectivity index (χ2n) is 2.32. The van der Waals surface area contributed by atoms with Crippen molar-refractivity contribution in [3.05, 3.63) is 60.4 Å². The third kappa shape index (κ3) is 4.06. The predicted octanol–water partition coefficient (Wildman–Crippen LogP) is 2.98. The molecule has 1 N–H and O–H groups in total. The Balaban J connectivity index is 0.000000145. The number of nitrogens with one attached hydrogen (secondary N) is 1. The Kier molecular flexibility index (Phi) is 3.70. The van der Waals surface area contributed by atoms with E-state index in [1.54, 1.807) is 0 Å². The van der Waals surface area contributed by atoms with E-state index < -0.39 is 11.6 Å². The van der Waals surface area contributed by atoms with Gasteiger partial charge in [-0.15, -0.1) is 0 Å². The molecule has 2 aromatic rings. The first kappa shape index (κ1) is 9.45. The Morgan fingerprint density at radius 1 is 0.846 bits per heavy atom. The van der Waals surface area contributed by atoms with Crippen LogP contribution < -0.4 is 0 Å². The average molecular weight is 181 g/mol. The molecule has 3 heteroatoms. The van der Waals surface area contributed by atoms with Gasteiger partial charge < -0.3 is 4.98 Å². The summed E-state index contributed by atoms with van der Waals surface area (Å²) in [6, 6.07) is 8.44. The van der Waals surface area contributed by atoms with Gasteiger partial charge in [-0.05, 0) is 24.3 Å². The molecule has 1 aromatic heterocycles. The minimum Gasteiger partial charge on any atom is -0.368 e. The molecule has 2 rings (SSSR count). The van der Waals surface area contributed by atoms with Crippen molar-refractivity contribution < 1.29 is 8.78 Å². The number of hydrogen-bond donors (Lipinski definition) is 1. The maximum absolute atomic E-state index is 11.9. The maximum Gasteiger partial charge on any atom is 0.126 e. The second kappa shape index (κ2) is 5.09. The van der Waals surface area contributed by atoms with Gasteiger partial charge >= 0.3 is 0 Å². The molecule has 13 heavy (non-hydrogen) atoms. The molecule has 0 unspecified atom stereocenters. The molecule has 0 fully saturated rings. The molecular formula is C10H9F2N. The number of aromatic nitrogens is 1. The van der Waals surface area contributed by atoms with Gasteiger partial charge in [0, 0.05) is 18.5 Å². The summed E-state index contributed by atoms with van der Waals surface area (Å²) in [6.07, 6.45) is 3.75. The Morgan fingerprint density at radius 3 is 1.62 bits per heavy atom. The van der Waals surface area contributed by atoms with Crippen LogP contribution in [0.2, 0.25) is 0 Å². The van der Waals surface area contributed by atoms with E-state index in [9.17, 15) is 8.78 Å². The highest BCUT2D eigenvalue weighted by atomic mass is 19.1. The number of hydrogen-bond acceptors (Lipinski definition) is 0. The lowest BCUT2D eigenvalue weighted by atomic mass is 10.3. The van der Waals surface area contributed by atoms with Crippen molar-refractivity contribution in [3.8, 4) is 0 Å². The summed E-state index contributed by atoms with van der Waals surface area (Å²) >= 11 is 0. The summed E-state index contributed by atoms with van der Waals surface area (Å²) < 4.78 is 23.9. The molecule has 0 saturated heterocycles. The van der Waals surface area contributed by atoms with Crippen LogP contribution in [-0.2, 0) is 0 Å². The first-order chi connectivity index (χ1) is 6.29. The van der Waals surface area contributed by atoms with Gasteiger partial charge in [-0.2, -0.15) is 0 Å². The van der Waals surface area contributed by atoms with Crippen LogP contribution in [-0.4, -0.2) is 4.98 Å². The predicted molar refractivity (Wildman–Crippen MR) is 47.2 cm³/mol. The number of aromatic amines is 1. The highest BCUT2D eigenvalue weighted by Gasteiger charge is 1.88. The molecule has 0 atom stereocenters. The minimum atomic E-state index is -0.537. The van der Waals surface area contributed by atoms with Gasteiger partial charge in [-0.3, -0.25) is 0 Å². The maximum atomic E-state index is 11.9. The van der Waals surface area contributed by atoms with E-state index in [1.165, 1.54) is 18.2 Å². The fraction of sp³-hybridized carbons (Fsp3) is 0. The van der Waals surface area contributed by atoms with E-state index in [0.717, 1.165) is 6.07 Å². The van der Waals surface area contributed by atoms with Gasteiger partial charge in [0.1, 0.15) is 11.6 Å². The average Bonchev–Trinajstić information content (AvgIpc) is 2.59. The molecule has 0 radical (unpaired) electrons. The second-order valence-corrected chi connectivity index (χ2v) is 2.32. The van der Waals surface area contributed by atoms with Crippen LogP contribution in [0.1, 0.15) is 0 Å². The number of H-pyrrole nitrogens is 1. The number of benzene rings is 1. The molecule has 0 bridgehead atoms. The Morgan fingerprint density at radius 2 is 1.38 bits per heavy atom. The van der Waals surface area contributed by atoms with Crippen molar-refractivity contribution in [3.63, 3.8) is 0 Å². The molecule has 1 aromatic carbocycles. The highest BCUT2D eigenvalue weighted by Crippen LogP contribution is 1.99. The van der Waals surface area contributed by atoms with Crippen LogP contribution >= 0.6 is 0 Å². The van der Waals surface area contributed by atoms with Gasteiger partial charge in [0.05, 0.1) is 0 Å². The monoisotopic (exact) mass is 181 g/mol. The van der Waals surface area contributed by atoms with Crippen molar-refractivity contribution in [2.75, 3.05) is 0 Å². The van der Waals surface area contributed by atoms with Gasteiger partial charge in [0.2, 0.25) is 0 Å². The molecule has 1 heterocycles. The van der Waals surface area contributed by atoms with Crippen molar-refractivity contribution in [1.29, 1.82) is 0 Å². The number of halogens is 2. The van der Waals surface area contributed by atoms with E-state index in [0.29, 0.717) is 0 Å². The van der Waals surface area contributed by atoms with E-state index in [-0.39, 0.29) is 0 Å². The van der Waals surface area contributed by atoms with E-state index in [2.05, 4.69) is 4.98 Å². The van der Waals surface area contributed by atoms with E-state index >= 15 is 0 Å². The van der Waals surface area contributed by atoms with Gasteiger partial charge in [0.15, 0.2) is 0 Å². The summed E-state index contributed by atoms with van der Waals surface area (Å²) in [4.78, 5) is 2.86. The molecule has 68 valence electrons. The summed E-state index contributed by atoms with van der Waals surface area (Å²) in [7, 11) is 0. The van der Waals surface area contributed by atoms with Crippen LogP contribution in [0.4, 0.5) is 8.78 Å². The molecule has 1 nitrogen and oxygen atoms in total. The zero-order valence-corrected chi connectivity index (χ0v) is 6.87. The summed E-state index contributed by atoms with van der Waals surface area (Å²) in [5.41, 5.74) is 0. The zero-order chi connectivity index (χ0) is 9.52. The van der Waals surface area contributed by atoms with Crippen LogP contribution in [0.15, 0.2) is 48.8 Å². The Bertz CT molecular complexity index is 296. The van der Waals surface area contributed by atoms with Crippen molar-refractivity contribution in [2.24, 2.45) is 0 Å². The fourth-order valence-corrected chi connectivity index (χ4v) is 0.738. The normalized spacial score (nSPS) is 8.77. The van der Waals surface area contributed by atoms with Gasteiger partial charge in [-0.1, -0.05) is 6.07 Å². The Labute approximate surface area is 75.0 Å². The quantitative estimate of drug-likeness (QED) is 0.643. The first-order valence-corrected chi connectivity index (χ1v) is 3.78. The largest absolute Gasteiger partial charge is 0.368 e. The summed E-state index contributed by atoms with van der Waals surface area (Å²) in [5, 5.41) is 0. The lowest BCUT2D eigenvalue weighted by Crippen LogP contribution is -1.73. The molecule has 0 aliphatic carbocycles. The Hall–Kier alpha value is -1.64. The molecule has 0 aliphatic heterocycles. The standard InChI is InChI=1S/C6H4F2.C4H5N/c7-5-2-1-3-6(8)4-5;1-2-4-5-3-1/h1-4H;1-5H. The zero-order valence-electron chi connectivity index (χ0n) is 6.87. The van der Waals surface area contributed by atoms with E-state index in [4.69, 9.17) is 0 Å². The lowest BCUT2D eigenvalue weighted by Gasteiger charge is -1.84. The third-order valence-corrected chi connectivity index (χ3v) is 1.28. The van der Waals surface area contributed by atoms with Gasteiger partial charge in [0.25, 0.3) is 0 Å². The van der Waals surface area contributed by atoms with E-state index in [1.807, 2.05) is 24.5 Å². The number of rotatable bonds is 0. The van der Waals surface area contributed by atoms with Crippen molar-refractivity contribution in [2.45, 2.75) is 0 Å². The summed E-state index contributed by atoms with van der Waals surface area (Å²) in [6.45, 7) is 0. The molecule has 0 saturated carbocycles. The smallest absolute Gasteiger partial charge is 0.126 e. The van der Waals surface area contributed by atoms with Crippen LogP contribution in [0.25, 0.3) is 0 Å². The van der Waals surface area contributed by atoms with Crippen LogP contribution in [0.3, 0.4) is 0 Å².